The fourth-order valence-corrected chi connectivity index (χ4v) is 6.19. The van der Waals surface area contributed by atoms with Gasteiger partial charge in [0.05, 0.1) is 4.92 Å². The zero-order chi connectivity index (χ0) is 17.6. The highest BCUT2D eigenvalue weighted by Gasteiger charge is 2.53. The highest BCUT2D eigenvalue weighted by molar-refractivity contribution is 7.80. The number of nitrogens with zero attached hydrogens (tertiary/aromatic N) is 1. The Balaban J connectivity index is 1.38. The third-order valence-electron chi connectivity index (χ3n) is 6.69. The molecule has 4 aliphatic carbocycles. The van der Waals surface area contributed by atoms with E-state index in [1.807, 2.05) is 0 Å². The fraction of sp³-hybridized carbons (Fsp3) is 0.632. The summed E-state index contributed by atoms with van der Waals surface area (Å²) in [6.45, 7) is 2.27. The summed E-state index contributed by atoms with van der Waals surface area (Å²) in [7, 11) is 0. The normalized spacial score (nSPS) is 33.7. The minimum atomic E-state index is -0.393. The minimum absolute atomic E-state index is 0.0892. The molecule has 1 aromatic carbocycles. The smallest absolute Gasteiger partial charge is 0.269 e. The molecule has 25 heavy (non-hydrogen) atoms. The van der Waals surface area contributed by atoms with Gasteiger partial charge in [-0.15, -0.1) is 0 Å². The first-order chi connectivity index (χ1) is 11.9. The van der Waals surface area contributed by atoms with Crippen LogP contribution >= 0.6 is 12.2 Å². The summed E-state index contributed by atoms with van der Waals surface area (Å²) < 4.78 is 0. The number of nitrogens with one attached hydrogen (secondary N) is 2. The van der Waals surface area contributed by atoms with E-state index in [9.17, 15) is 10.1 Å². The Morgan fingerprint density at radius 1 is 1.16 bits per heavy atom. The lowest BCUT2D eigenvalue weighted by Gasteiger charge is -2.59. The van der Waals surface area contributed by atoms with Gasteiger partial charge in [-0.2, -0.15) is 0 Å². The summed E-state index contributed by atoms with van der Waals surface area (Å²) in [5.74, 6) is 2.77. The van der Waals surface area contributed by atoms with E-state index in [1.165, 1.54) is 50.7 Å². The van der Waals surface area contributed by atoms with Gasteiger partial charge >= 0.3 is 0 Å². The Morgan fingerprint density at radius 2 is 1.68 bits per heavy atom. The van der Waals surface area contributed by atoms with Gasteiger partial charge in [-0.25, -0.2) is 0 Å². The van der Waals surface area contributed by atoms with Crippen molar-refractivity contribution < 1.29 is 4.92 Å². The molecule has 0 amide bonds. The summed E-state index contributed by atoms with van der Waals surface area (Å²) in [5.41, 5.74) is 1.27. The average Bonchev–Trinajstić information content (AvgIpc) is 2.54. The molecule has 5 nitrogen and oxygen atoms in total. The van der Waals surface area contributed by atoms with E-state index in [4.69, 9.17) is 12.2 Å². The van der Waals surface area contributed by atoms with Crippen molar-refractivity contribution in [2.24, 2.45) is 23.2 Å². The molecule has 4 aliphatic rings. The lowest BCUT2D eigenvalue weighted by Crippen LogP contribution is -2.56. The van der Waals surface area contributed by atoms with Gasteiger partial charge in [0.15, 0.2) is 5.11 Å². The Labute approximate surface area is 153 Å². The number of benzene rings is 1. The van der Waals surface area contributed by atoms with Crippen LogP contribution in [-0.2, 0) is 0 Å². The van der Waals surface area contributed by atoms with Crippen molar-refractivity contribution >= 4 is 28.7 Å². The Bertz CT molecular complexity index is 653. The number of non-ortho nitro benzene ring substituents is 1. The van der Waals surface area contributed by atoms with E-state index >= 15 is 0 Å². The van der Waals surface area contributed by atoms with Gasteiger partial charge in [-0.1, -0.05) is 0 Å². The van der Waals surface area contributed by atoms with Gasteiger partial charge < -0.3 is 10.6 Å². The van der Waals surface area contributed by atoms with Crippen LogP contribution < -0.4 is 10.6 Å². The van der Waals surface area contributed by atoms with Crippen LogP contribution in [0.5, 0.6) is 0 Å². The first-order valence-corrected chi connectivity index (χ1v) is 9.66. The predicted molar refractivity (Wildman–Crippen MR) is 103 cm³/mol. The van der Waals surface area contributed by atoms with E-state index in [0.717, 1.165) is 23.4 Å². The molecule has 4 bridgehead atoms. The summed E-state index contributed by atoms with van der Waals surface area (Å²) in [6, 6.07) is 6.74. The second kappa shape index (κ2) is 6.24. The van der Waals surface area contributed by atoms with Crippen LogP contribution in [0.2, 0.25) is 0 Å². The van der Waals surface area contributed by atoms with Crippen LogP contribution in [0.1, 0.15) is 45.4 Å². The Morgan fingerprint density at radius 3 is 2.16 bits per heavy atom. The SMILES string of the molecule is C[C@@H](NC(=S)Nc1ccc([N+](=O)[O-])cc1)C12CC3CC(CC(C3)C1)C2. The largest absolute Gasteiger partial charge is 0.359 e. The van der Waals surface area contributed by atoms with Crippen molar-refractivity contribution in [3.63, 3.8) is 0 Å². The van der Waals surface area contributed by atoms with Crippen LogP contribution in [0.25, 0.3) is 0 Å². The van der Waals surface area contributed by atoms with Crippen molar-refractivity contribution in [1.82, 2.24) is 5.32 Å². The van der Waals surface area contributed by atoms with E-state index in [2.05, 4.69) is 17.6 Å². The molecule has 0 saturated heterocycles. The zero-order valence-corrected chi connectivity index (χ0v) is 15.3. The molecule has 0 aromatic heterocycles. The molecule has 0 heterocycles. The fourth-order valence-electron chi connectivity index (χ4n) is 5.89. The molecule has 1 atom stereocenters. The van der Waals surface area contributed by atoms with Crippen molar-refractivity contribution in [2.75, 3.05) is 5.32 Å². The number of anilines is 1. The molecule has 0 aliphatic heterocycles. The van der Waals surface area contributed by atoms with E-state index < -0.39 is 4.92 Å². The van der Waals surface area contributed by atoms with Crippen molar-refractivity contribution in [3.05, 3.63) is 34.4 Å². The third-order valence-corrected chi connectivity index (χ3v) is 6.91. The second-order valence-electron chi connectivity index (χ2n) is 8.40. The van der Waals surface area contributed by atoms with Crippen molar-refractivity contribution in [3.8, 4) is 0 Å². The summed E-state index contributed by atoms with van der Waals surface area (Å²) in [5, 5.41) is 18.0. The van der Waals surface area contributed by atoms with E-state index in [0.29, 0.717) is 16.6 Å². The molecule has 5 rings (SSSR count). The maximum Gasteiger partial charge on any atom is 0.269 e. The molecule has 2 N–H and O–H groups in total. The second-order valence-corrected chi connectivity index (χ2v) is 8.81. The zero-order valence-electron chi connectivity index (χ0n) is 14.5. The number of hydrogen-bond acceptors (Lipinski definition) is 3. The van der Waals surface area contributed by atoms with E-state index in [-0.39, 0.29) is 5.69 Å². The average molecular weight is 359 g/mol. The standard InChI is InChI=1S/C19H25N3O2S/c1-12(19-9-13-6-14(10-19)8-15(7-13)11-19)20-18(25)21-16-2-4-17(5-3-16)22(23)24/h2-5,12-15H,6-11H2,1H3,(H2,20,21,25)/t12-,13?,14?,15?,19?/m1/s1. The predicted octanol–water partition coefficient (Wildman–Crippen LogP) is 4.49. The third kappa shape index (κ3) is 3.24. The Hall–Kier alpha value is -1.69. The van der Waals surface area contributed by atoms with Crippen LogP contribution in [0.4, 0.5) is 11.4 Å². The minimum Gasteiger partial charge on any atom is -0.359 e. The number of thiocarbonyl (C=S) groups is 1. The maximum absolute atomic E-state index is 10.7. The monoisotopic (exact) mass is 359 g/mol. The topological polar surface area (TPSA) is 67.2 Å². The molecule has 0 spiro atoms. The quantitative estimate of drug-likeness (QED) is 0.471. The highest BCUT2D eigenvalue weighted by Crippen LogP contribution is 2.61. The van der Waals surface area contributed by atoms with Crippen LogP contribution in [-0.4, -0.2) is 16.1 Å². The first-order valence-electron chi connectivity index (χ1n) is 9.25. The summed E-state index contributed by atoms with van der Waals surface area (Å²) in [4.78, 5) is 10.3. The van der Waals surface area contributed by atoms with Gasteiger partial charge in [0.1, 0.15) is 0 Å². The molecule has 0 unspecified atom stereocenters. The van der Waals surface area contributed by atoms with Gasteiger partial charge in [-0.05, 0) is 93.0 Å². The number of nitro groups is 1. The lowest BCUT2D eigenvalue weighted by atomic mass is 9.48. The van der Waals surface area contributed by atoms with Crippen LogP contribution in [0.3, 0.4) is 0 Å². The molecule has 6 heteroatoms. The maximum atomic E-state index is 10.7. The molecule has 134 valence electrons. The van der Waals surface area contributed by atoms with Gasteiger partial charge in [0.2, 0.25) is 0 Å². The van der Waals surface area contributed by atoms with Gasteiger partial charge in [0.25, 0.3) is 5.69 Å². The number of nitro benzene ring substituents is 1. The summed E-state index contributed by atoms with van der Waals surface area (Å²) >= 11 is 5.50. The van der Waals surface area contributed by atoms with E-state index in [1.54, 1.807) is 12.1 Å². The molecule has 0 radical (unpaired) electrons. The van der Waals surface area contributed by atoms with Crippen LogP contribution in [0.15, 0.2) is 24.3 Å². The highest BCUT2D eigenvalue weighted by atomic mass is 32.1. The van der Waals surface area contributed by atoms with Crippen molar-refractivity contribution in [2.45, 2.75) is 51.5 Å². The Kier molecular flexibility index (Phi) is 4.18. The molecular formula is C19H25N3O2S. The molecule has 1 aromatic rings. The first kappa shape index (κ1) is 16.8. The molecule has 4 fully saturated rings. The molecule has 4 saturated carbocycles. The van der Waals surface area contributed by atoms with Gasteiger partial charge in [0, 0.05) is 23.9 Å². The van der Waals surface area contributed by atoms with Crippen LogP contribution in [0, 0.1) is 33.3 Å². The van der Waals surface area contributed by atoms with Gasteiger partial charge in [-0.3, -0.25) is 10.1 Å². The number of hydrogen-bond donors (Lipinski definition) is 2. The summed E-state index contributed by atoms with van der Waals surface area (Å²) in [6.07, 6.45) is 8.35. The van der Waals surface area contributed by atoms with Crippen molar-refractivity contribution in [1.29, 1.82) is 0 Å². The molecular weight excluding hydrogens is 334 g/mol. The number of rotatable bonds is 4. The lowest BCUT2D eigenvalue weighted by molar-refractivity contribution is -0.384.